The lowest BCUT2D eigenvalue weighted by Crippen LogP contribution is -2.04. The Hall–Kier alpha value is -2.81. The first-order valence-electron chi connectivity index (χ1n) is 7.00. The molecule has 0 unspecified atom stereocenters. The summed E-state index contributed by atoms with van der Waals surface area (Å²) in [6.07, 6.45) is 3.07. The van der Waals surface area contributed by atoms with Gasteiger partial charge in [0.25, 0.3) is 0 Å². The number of H-pyrrole nitrogens is 2. The van der Waals surface area contributed by atoms with Gasteiger partial charge in [-0.25, -0.2) is 13.6 Å². The minimum atomic E-state index is -0.695. The Kier molecular flexibility index (Phi) is 4.75. The van der Waals surface area contributed by atoms with Crippen molar-refractivity contribution < 1.29 is 18.3 Å². The van der Waals surface area contributed by atoms with Crippen molar-refractivity contribution >= 4 is 43.7 Å². The second-order valence-electron chi connectivity index (χ2n) is 4.95. The van der Waals surface area contributed by atoms with Crippen LogP contribution in [-0.2, 0) is 4.74 Å². The van der Waals surface area contributed by atoms with E-state index in [1.54, 1.807) is 24.4 Å². The van der Waals surface area contributed by atoms with E-state index in [0.717, 1.165) is 5.39 Å². The molecule has 0 aliphatic heterocycles. The van der Waals surface area contributed by atoms with Crippen molar-refractivity contribution in [2.45, 2.75) is 0 Å². The number of hydrogen-bond donors (Lipinski definition) is 2. The van der Waals surface area contributed by atoms with E-state index in [9.17, 15) is 13.6 Å². The fraction of sp³-hybridized carbons (Fsp3) is 0.0625. The summed E-state index contributed by atoms with van der Waals surface area (Å²) in [4.78, 5) is 11.1. The number of nitrogens with one attached hydrogen (secondary N) is 2. The van der Waals surface area contributed by atoms with Crippen LogP contribution in [0.3, 0.4) is 0 Å². The molecule has 0 fully saturated rings. The molecule has 0 atom stereocenters. The van der Waals surface area contributed by atoms with Gasteiger partial charge < -0.3 is 4.74 Å². The molecule has 25 heavy (non-hydrogen) atoms. The predicted octanol–water partition coefficient (Wildman–Crippen LogP) is 3.95. The van der Waals surface area contributed by atoms with Crippen molar-refractivity contribution in [3.8, 4) is 0 Å². The van der Waals surface area contributed by atoms with Crippen LogP contribution in [0.2, 0.25) is 0 Å². The Labute approximate surface area is 148 Å². The van der Waals surface area contributed by atoms with Crippen LogP contribution in [0.4, 0.5) is 8.78 Å². The van der Waals surface area contributed by atoms with Gasteiger partial charge in [0.15, 0.2) is 11.6 Å². The van der Waals surface area contributed by atoms with Crippen molar-refractivity contribution in [1.82, 2.24) is 20.4 Å². The molecular weight excluding hydrogens is 398 g/mol. The average molecular weight is 409 g/mol. The van der Waals surface area contributed by atoms with Gasteiger partial charge in [-0.15, -0.1) is 0 Å². The summed E-state index contributed by atoms with van der Waals surface area (Å²) >= 11 is 3.08. The quantitative estimate of drug-likeness (QED) is 0.467. The molecule has 0 saturated carbocycles. The number of carbonyl (C=O) groups is 1. The number of ether oxygens (including phenoxy) is 1. The van der Waals surface area contributed by atoms with Crippen LogP contribution in [-0.4, -0.2) is 33.5 Å². The van der Waals surface area contributed by atoms with Crippen molar-refractivity contribution in [2.75, 3.05) is 7.11 Å². The van der Waals surface area contributed by atoms with E-state index in [4.69, 9.17) is 0 Å². The zero-order valence-corrected chi connectivity index (χ0v) is 14.4. The fourth-order valence-electron chi connectivity index (χ4n) is 2.20. The number of rotatable bonds is 1. The topological polar surface area (TPSA) is 83.7 Å². The van der Waals surface area contributed by atoms with Crippen molar-refractivity contribution in [2.24, 2.45) is 0 Å². The maximum atomic E-state index is 13.6. The highest BCUT2D eigenvalue weighted by Crippen LogP contribution is 2.22. The zero-order chi connectivity index (χ0) is 18.0. The van der Waals surface area contributed by atoms with Gasteiger partial charge in [0.05, 0.1) is 29.5 Å². The lowest BCUT2D eigenvalue weighted by atomic mass is 10.1. The minimum absolute atomic E-state index is 0.0933. The monoisotopic (exact) mass is 408 g/mol. The highest BCUT2D eigenvalue weighted by molar-refractivity contribution is 9.10. The molecule has 2 N–H and O–H groups in total. The van der Waals surface area contributed by atoms with Gasteiger partial charge >= 0.3 is 5.97 Å². The number of nitrogens with zero attached hydrogens (tertiary/aromatic N) is 2. The highest BCUT2D eigenvalue weighted by Gasteiger charge is 2.15. The Morgan fingerprint density at radius 3 is 2.16 bits per heavy atom. The fourth-order valence-corrected chi connectivity index (χ4v) is 2.53. The van der Waals surface area contributed by atoms with Crippen molar-refractivity contribution in [1.29, 1.82) is 0 Å². The standard InChI is InChI=1S/C9H7FN2O2.C7H4BrFN2/c1-14-9(13)6-3-2-5-4-11-12-8(5)7(6)10;8-5-2-1-4-3-10-11-7(4)6(5)9/h2-4H,1H3,(H,11,12);1-3H,(H,10,11). The molecule has 2 aromatic heterocycles. The number of methoxy groups -OCH3 is 1. The Morgan fingerprint density at radius 1 is 1.00 bits per heavy atom. The third kappa shape index (κ3) is 3.22. The van der Waals surface area contributed by atoms with Gasteiger partial charge in [-0.05, 0) is 34.1 Å². The first-order valence-corrected chi connectivity index (χ1v) is 7.79. The molecule has 0 radical (unpaired) electrons. The van der Waals surface area contributed by atoms with Gasteiger partial charge in [-0.3, -0.25) is 10.2 Å². The lowest BCUT2D eigenvalue weighted by molar-refractivity contribution is 0.0596. The highest BCUT2D eigenvalue weighted by atomic mass is 79.9. The summed E-state index contributed by atoms with van der Waals surface area (Å²) in [5, 5.41) is 13.8. The van der Waals surface area contributed by atoms with E-state index in [0.29, 0.717) is 15.4 Å². The summed E-state index contributed by atoms with van der Waals surface area (Å²) in [6.45, 7) is 0. The molecule has 9 heteroatoms. The van der Waals surface area contributed by atoms with Crippen LogP contribution in [0.5, 0.6) is 0 Å². The van der Waals surface area contributed by atoms with Gasteiger partial charge in [-0.2, -0.15) is 10.2 Å². The number of carbonyl (C=O) groups excluding carboxylic acids is 1. The molecular formula is C16H11BrF2N4O2. The summed E-state index contributed by atoms with van der Waals surface area (Å²) < 4.78 is 31.6. The molecule has 4 aromatic rings. The van der Waals surface area contributed by atoms with Gasteiger partial charge in [0.2, 0.25) is 0 Å². The number of hydrogen-bond acceptors (Lipinski definition) is 4. The van der Waals surface area contributed by atoms with Gasteiger partial charge in [0.1, 0.15) is 11.0 Å². The van der Waals surface area contributed by atoms with E-state index in [1.165, 1.54) is 19.4 Å². The largest absolute Gasteiger partial charge is 0.465 e. The molecule has 0 amide bonds. The maximum Gasteiger partial charge on any atom is 0.340 e. The van der Waals surface area contributed by atoms with Crippen LogP contribution in [0.1, 0.15) is 10.4 Å². The molecule has 6 nitrogen and oxygen atoms in total. The molecule has 2 heterocycles. The van der Waals surface area contributed by atoms with Crippen LogP contribution >= 0.6 is 15.9 Å². The number of aromatic nitrogens is 4. The molecule has 2 aromatic carbocycles. The predicted molar refractivity (Wildman–Crippen MR) is 91.1 cm³/mol. The second-order valence-corrected chi connectivity index (χ2v) is 5.80. The Balaban J connectivity index is 0.000000150. The van der Waals surface area contributed by atoms with Gasteiger partial charge in [-0.1, -0.05) is 6.07 Å². The molecule has 4 rings (SSSR count). The summed E-state index contributed by atoms with van der Waals surface area (Å²) in [7, 11) is 1.21. The first kappa shape index (κ1) is 17.0. The zero-order valence-electron chi connectivity index (χ0n) is 12.8. The number of fused-ring (bicyclic) bond motifs is 2. The average Bonchev–Trinajstić information content (AvgIpc) is 3.28. The second kappa shape index (κ2) is 6.98. The first-order chi connectivity index (χ1) is 12.0. The van der Waals surface area contributed by atoms with E-state index in [2.05, 4.69) is 41.1 Å². The van der Waals surface area contributed by atoms with Crippen LogP contribution in [0.15, 0.2) is 41.1 Å². The number of esters is 1. The third-order valence-corrected chi connectivity index (χ3v) is 4.08. The molecule has 0 bridgehead atoms. The Morgan fingerprint density at radius 2 is 1.56 bits per heavy atom. The van der Waals surface area contributed by atoms with Gasteiger partial charge in [0, 0.05) is 10.8 Å². The smallest absolute Gasteiger partial charge is 0.340 e. The van der Waals surface area contributed by atoms with Crippen LogP contribution in [0, 0.1) is 11.6 Å². The SMILES string of the molecule is COC(=O)c1ccc2cn[nH]c2c1F.Fc1c(Br)ccc2cn[nH]c12. The van der Waals surface area contributed by atoms with E-state index < -0.39 is 11.8 Å². The lowest BCUT2D eigenvalue weighted by Gasteiger charge is -2.00. The van der Waals surface area contributed by atoms with Crippen LogP contribution < -0.4 is 0 Å². The number of benzene rings is 2. The van der Waals surface area contributed by atoms with Crippen molar-refractivity contribution in [3.05, 3.63) is 58.3 Å². The molecule has 0 aliphatic rings. The van der Waals surface area contributed by atoms with Crippen molar-refractivity contribution in [3.63, 3.8) is 0 Å². The number of halogens is 3. The maximum absolute atomic E-state index is 13.6. The molecule has 0 spiro atoms. The van der Waals surface area contributed by atoms with Crippen LogP contribution in [0.25, 0.3) is 21.8 Å². The van der Waals surface area contributed by atoms with E-state index in [-0.39, 0.29) is 16.9 Å². The summed E-state index contributed by atoms with van der Waals surface area (Å²) in [5.74, 6) is -1.62. The summed E-state index contributed by atoms with van der Waals surface area (Å²) in [6, 6.07) is 6.44. The normalized spacial score (nSPS) is 10.6. The molecule has 0 saturated heterocycles. The minimum Gasteiger partial charge on any atom is -0.465 e. The molecule has 0 aliphatic carbocycles. The summed E-state index contributed by atoms with van der Waals surface area (Å²) in [5.41, 5.74) is 0.566. The molecule has 128 valence electrons. The third-order valence-electron chi connectivity index (χ3n) is 3.47. The van der Waals surface area contributed by atoms with E-state index in [1.807, 2.05) is 0 Å². The number of aromatic amines is 2. The Bertz CT molecular complexity index is 1060. The van der Waals surface area contributed by atoms with E-state index >= 15 is 0 Å².